The van der Waals surface area contributed by atoms with Gasteiger partial charge in [0.05, 0.1) is 15.6 Å². The van der Waals surface area contributed by atoms with Crippen molar-refractivity contribution in [1.82, 2.24) is 5.32 Å². The van der Waals surface area contributed by atoms with Gasteiger partial charge in [0.15, 0.2) is 0 Å². The number of nitrogens with one attached hydrogen (secondary N) is 1. The first-order chi connectivity index (χ1) is 10.7. The van der Waals surface area contributed by atoms with Gasteiger partial charge in [0, 0.05) is 23.4 Å². The Hall–Kier alpha value is -1.75. The lowest BCUT2D eigenvalue weighted by Gasteiger charge is -2.20. The van der Waals surface area contributed by atoms with Gasteiger partial charge in [0.2, 0.25) is 0 Å². The molecule has 6 heteroatoms. The summed E-state index contributed by atoms with van der Waals surface area (Å²) in [6.07, 6.45) is 0. The average Bonchev–Trinajstić information content (AvgIpc) is 2.47. The summed E-state index contributed by atoms with van der Waals surface area (Å²) in [4.78, 5) is 12.3. The normalized spacial score (nSPS) is 11.3. The van der Waals surface area contributed by atoms with Crippen molar-refractivity contribution in [2.45, 2.75) is 26.0 Å². The Labute approximate surface area is 145 Å². The van der Waals surface area contributed by atoms with Gasteiger partial charge in [-0.15, -0.1) is 0 Å². The minimum Gasteiger partial charge on any atom is -0.398 e. The van der Waals surface area contributed by atoms with Gasteiger partial charge in [-0.05, 0) is 49.7 Å². The van der Waals surface area contributed by atoms with Gasteiger partial charge in [-0.1, -0.05) is 29.3 Å². The van der Waals surface area contributed by atoms with Crippen LogP contribution in [0.1, 0.15) is 35.3 Å². The van der Waals surface area contributed by atoms with Gasteiger partial charge in [-0.25, -0.2) is 0 Å². The van der Waals surface area contributed by atoms with E-state index in [9.17, 15) is 9.90 Å². The van der Waals surface area contributed by atoms with Gasteiger partial charge < -0.3 is 16.2 Å². The fourth-order valence-corrected chi connectivity index (χ4v) is 2.48. The van der Waals surface area contributed by atoms with E-state index in [0.717, 1.165) is 5.56 Å². The molecule has 0 saturated carbocycles. The highest BCUT2D eigenvalue weighted by Gasteiger charge is 2.20. The Bertz CT molecular complexity index is 740. The first-order valence-electron chi connectivity index (χ1n) is 7.03. The zero-order chi connectivity index (χ0) is 17.2. The molecule has 0 aliphatic rings. The monoisotopic (exact) mass is 352 g/mol. The molecule has 122 valence electrons. The zero-order valence-electron chi connectivity index (χ0n) is 12.9. The molecule has 0 unspecified atom stereocenters. The van der Waals surface area contributed by atoms with Crippen LogP contribution in [0.4, 0.5) is 5.69 Å². The molecule has 4 nitrogen and oxygen atoms in total. The molecular weight excluding hydrogens is 335 g/mol. The Morgan fingerprint density at radius 2 is 1.87 bits per heavy atom. The van der Waals surface area contributed by atoms with E-state index in [1.807, 2.05) is 0 Å². The lowest BCUT2D eigenvalue weighted by molar-refractivity contribution is 0.0792. The number of aliphatic hydroxyl groups is 1. The molecule has 0 radical (unpaired) electrons. The summed E-state index contributed by atoms with van der Waals surface area (Å²) in [6, 6.07) is 10.0. The summed E-state index contributed by atoms with van der Waals surface area (Å²) in [7, 11) is 0. The highest BCUT2D eigenvalue weighted by Crippen LogP contribution is 2.27. The smallest absolute Gasteiger partial charge is 0.251 e. The van der Waals surface area contributed by atoms with Crippen molar-refractivity contribution >= 4 is 34.8 Å². The number of benzene rings is 2. The van der Waals surface area contributed by atoms with E-state index in [2.05, 4.69) is 5.32 Å². The molecule has 0 atom stereocenters. The first-order valence-corrected chi connectivity index (χ1v) is 7.78. The Kier molecular flexibility index (Phi) is 5.19. The van der Waals surface area contributed by atoms with Crippen molar-refractivity contribution in [3.8, 4) is 0 Å². The maximum absolute atomic E-state index is 12.3. The van der Waals surface area contributed by atoms with Gasteiger partial charge in [0.25, 0.3) is 5.91 Å². The number of hydrogen-bond acceptors (Lipinski definition) is 3. The van der Waals surface area contributed by atoms with Crippen LogP contribution >= 0.6 is 23.2 Å². The summed E-state index contributed by atoms with van der Waals surface area (Å²) in [5.74, 6) is -0.262. The molecule has 0 aromatic heterocycles. The van der Waals surface area contributed by atoms with Crippen LogP contribution in [-0.2, 0) is 12.1 Å². The van der Waals surface area contributed by atoms with E-state index >= 15 is 0 Å². The van der Waals surface area contributed by atoms with Crippen molar-refractivity contribution < 1.29 is 9.90 Å². The molecule has 0 heterocycles. The quantitative estimate of drug-likeness (QED) is 0.733. The standard InChI is InChI=1S/C17H18Cl2N2O2/c1-17(2,23)12-8-11(4-6-15(12)20)16(22)21-9-10-3-5-13(18)14(19)7-10/h3-8,23H,9,20H2,1-2H3,(H,21,22). The number of halogens is 2. The zero-order valence-corrected chi connectivity index (χ0v) is 14.4. The molecule has 4 N–H and O–H groups in total. The topological polar surface area (TPSA) is 75.3 Å². The van der Waals surface area contributed by atoms with Crippen LogP contribution in [0.15, 0.2) is 36.4 Å². The van der Waals surface area contributed by atoms with E-state index in [-0.39, 0.29) is 5.91 Å². The van der Waals surface area contributed by atoms with Crippen LogP contribution in [0, 0.1) is 0 Å². The second-order valence-corrected chi connectivity index (χ2v) is 6.61. The average molecular weight is 353 g/mol. The molecule has 0 aliphatic heterocycles. The highest BCUT2D eigenvalue weighted by molar-refractivity contribution is 6.42. The predicted molar refractivity (Wildman–Crippen MR) is 93.7 cm³/mol. The van der Waals surface area contributed by atoms with Crippen LogP contribution in [0.5, 0.6) is 0 Å². The van der Waals surface area contributed by atoms with E-state index < -0.39 is 5.60 Å². The third-order valence-corrected chi connectivity index (χ3v) is 4.15. The van der Waals surface area contributed by atoms with Gasteiger partial charge in [-0.2, -0.15) is 0 Å². The summed E-state index contributed by atoms with van der Waals surface area (Å²) in [6.45, 7) is 3.56. The summed E-state index contributed by atoms with van der Waals surface area (Å²) >= 11 is 11.8. The molecule has 0 spiro atoms. The van der Waals surface area contributed by atoms with Crippen molar-refractivity contribution in [1.29, 1.82) is 0 Å². The molecule has 2 aromatic carbocycles. The van der Waals surface area contributed by atoms with Crippen molar-refractivity contribution in [2.24, 2.45) is 0 Å². The number of anilines is 1. The number of rotatable bonds is 4. The Morgan fingerprint density at radius 3 is 2.48 bits per heavy atom. The molecular formula is C17H18Cl2N2O2. The predicted octanol–water partition coefficient (Wildman–Crippen LogP) is 3.73. The summed E-state index contributed by atoms with van der Waals surface area (Å²) in [5.41, 5.74) is 6.95. The number of amides is 1. The lowest BCUT2D eigenvalue weighted by atomic mass is 9.94. The second kappa shape index (κ2) is 6.79. The van der Waals surface area contributed by atoms with E-state index in [1.54, 1.807) is 50.2 Å². The van der Waals surface area contributed by atoms with E-state index in [0.29, 0.717) is 33.4 Å². The van der Waals surface area contributed by atoms with Gasteiger partial charge in [0.1, 0.15) is 0 Å². The van der Waals surface area contributed by atoms with Crippen LogP contribution in [0.3, 0.4) is 0 Å². The Morgan fingerprint density at radius 1 is 1.17 bits per heavy atom. The molecule has 0 saturated heterocycles. The molecule has 1 amide bonds. The van der Waals surface area contributed by atoms with Crippen LogP contribution in [-0.4, -0.2) is 11.0 Å². The van der Waals surface area contributed by atoms with Crippen molar-refractivity contribution in [3.63, 3.8) is 0 Å². The number of carbonyl (C=O) groups is 1. The SMILES string of the molecule is CC(C)(O)c1cc(C(=O)NCc2ccc(Cl)c(Cl)c2)ccc1N. The maximum atomic E-state index is 12.3. The maximum Gasteiger partial charge on any atom is 0.251 e. The van der Waals surface area contributed by atoms with Gasteiger partial charge in [-0.3, -0.25) is 4.79 Å². The number of nitrogens with two attached hydrogens (primary N) is 1. The van der Waals surface area contributed by atoms with E-state index in [1.165, 1.54) is 0 Å². The molecule has 2 aromatic rings. The molecule has 0 fully saturated rings. The third kappa shape index (κ3) is 4.38. The minimum absolute atomic E-state index is 0.262. The van der Waals surface area contributed by atoms with Crippen LogP contribution < -0.4 is 11.1 Å². The highest BCUT2D eigenvalue weighted by atomic mass is 35.5. The van der Waals surface area contributed by atoms with Crippen molar-refractivity contribution in [2.75, 3.05) is 5.73 Å². The van der Waals surface area contributed by atoms with E-state index in [4.69, 9.17) is 28.9 Å². The molecule has 0 aliphatic carbocycles. The van der Waals surface area contributed by atoms with Crippen LogP contribution in [0.25, 0.3) is 0 Å². The fourth-order valence-electron chi connectivity index (χ4n) is 2.16. The fraction of sp³-hybridized carbons (Fsp3) is 0.235. The largest absolute Gasteiger partial charge is 0.398 e. The Balaban J connectivity index is 2.13. The third-order valence-electron chi connectivity index (χ3n) is 3.41. The summed E-state index contributed by atoms with van der Waals surface area (Å²) < 4.78 is 0. The first kappa shape index (κ1) is 17.6. The van der Waals surface area contributed by atoms with Crippen molar-refractivity contribution in [3.05, 3.63) is 63.1 Å². The lowest BCUT2D eigenvalue weighted by Crippen LogP contribution is -2.24. The minimum atomic E-state index is -1.12. The number of nitrogen functional groups attached to an aromatic ring is 1. The van der Waals surface area contributed by atoms with Crippen LogP contribution in [0.2, 0.25) is 10.0 Å². The number of carbonyl (C=O) groups excluding carboxylic acids is 1. The second-order valence-electron chi connectivity index (χ2n) is 5.79. The number of hydrogen-bond donors (Lipinski definition) is 3. The summed E-state index contributed by atoms with van der Waals surface area (Å²) in [5, 5.41) is 13.8. The molecule has 2 rings (SSSR count). The van der Waals surface area contributed by atoms with Gasteiger partial charge >= 0.3 is 0 Å². The molecule has 23 heavy (non-hydrogen) atoms. The molecule has 0 bridgehead atoms.